The van der Waals surface area contributed by atoms with Crippen LogP contribution < -0.4 is 15.9 Å². The van der Waals surface area contributed by atoms with E-state index in [0.29, 0.717) is 17.6 Å². The summed E-state index contributed by atoms with van der Waals surface area (Å²) in [5, 5.41) is 0.277. The molecular weight excluding hydrogens is 392 g/mol. The number of para-hydroxylation sites is 1. The number of aromatic nitrogens is 2. The summed E-state index contributed by atoms with van der Waals surface area (Å²) in [6, 6.07) is 8.82. The van der Waals surface area contributed by atoms with E-state index >= 15 is 0 Å². The Balaban J connectivity index is 1.90. The summed E-state index contributed by atoms with van der Waals surface area (Å²) in [6.45, 7) is 0. The van der Waals surface area contributed by atoms with Gasteiger partial charge in [-0.1, -0.05) is 18.2 Å². The summed E-state index contributed by atoms with van der Waals surface area (Å²) in [7, 11) is 3.26. The third-order valence-electron chi connectivity index (χ3n) is 4.10. The lowest BCUT2D eigenvalue weighted by Gasteiger charge is -2.19. The molecule has 1 heterocycles. The van der Waals surface area contributed by atoms with Crippen LogP contribution in [0.4, 0.5) is 23.5 Å². The number of rotatable bonds is 4. The fraction of sp³-hybridized carbons (Fsp3) is 0.211. The molecule has 152 valence electrons. The molecule has 0 saturated carbocycles. The lowest BCUT2D eigenvalue weighted by molar-refractivity contribution is -0.140. The van der Waals surface area contributed by atoms with Crippen molar-refractivity contribution in [3.05, 3.63) is 69.8 Å². The van der Waals surface area contributed by atoms with Gasteiger partial charge < -0.3 is 4.90 Å². The number of hydrogen-bond acceptors (Lipinski definition) is 4. The maximum absolute atomic E-state index is 13.7. The van der Waals surface area contributed by atoms with Crippen molar-refractivity contribution >= 4 is 22.8 Å². The van der Waals surface area contributed by atoms with E-state index in [0.717, 1.165) is 10.7 Å². The molecule has 0 spiro atoms. The molecule has 0 bridgehead atoms. The molecule has 29 heavy (non-hydrogen) atoms. The fourth-order valence-corrected chi connectivity index (χ4v) is 2.77. The van der Waals surface area contributed by atoms with E-state index in [9.17, 15) is 27.2 Å². The van der Waals surface area contributed by atoms with Crippen molar-refractivity contribution in [2.45, 2.75) is 12.6 Å². The molecule has 2 aromatic carbocycles. The molecule has 0 aliphatic rings. The van der Waals surface area contributed by atoms with Crippen molar-refractivity contribution in [1.82, 2.24) is 9.66 Å². The van der Waals surface area contributed by atoms with Crippen LogP contribution in [-0.4, -0.2) is 29.7 Å². The van der Waals surface area contributed by atoms with E-state index in [1.165, 1.54) is 4.90 Å². The molecule has 0 saturated heterocycles. The summed E-state index contributed by atoms with van der Waals surface area (Å²) in [5.74, 6) is -2.03. The highest BCUT2D eigenvalue weighted by Crippen LogP contribution is 2.31. The number of nitrogens with one attached hydrogen (secondary N) is 1. The summed E-state index contributed by atoms with van der Waals surface area (Å²) in [4.78, 5) is 31.0. The average Bonchev–Trinajstić information content (AvgIpc) is 2.62. The number of carbonyl (C=O) groups is 1. The molecule has 3 rings (SSSR count). The molecule has 10 heteroatoms. The number of alkyl halides is 3. The highest BCUT2D eigenvalue weighted by Gasteiger charge is 2.34. The van der Waals surface area contributed by atoms with Crippen LogP contribution in [0.25, 0.3) is 10.9 Å². The molecule has 0 aliphatic heterocycles. The van der Waals surface area contributed by atoms with Gasteiger partial charge in [0.25, 0.3) is 5.56 Å². The van der Waals surface area contributed by atoms with Gasteiger partial charge in [0.15, 0.2) is 0 Å². The van der Waals surface area contributed by atoms with Gasteiger partial charge in [0.1, 0.15) is 5.82 Å². The Labute approximate surface area is 162 Å². The molecule has 0 radical (unpaired) electrons. The standard InChI is InChI=1S/C19H16F4N4O2/c1-26(2)18-24-15-6-4-3-5-12(15)17(29)27(18)25-16(28)10-11-7-8-13(14(20)9-11)19(21,22)23/h3-9H,10H2,1-2H3,(H,25,28). The van der Waals surface area contributed by atoms with Gasteiger partial charge in [-0.2, -0.15) is 17.8 Å². The number of carbonyl (C=O) groups excluding carboxylic acids is 1. The van der Waals surface area contributed by atoms with Crippen LogP contribution in [0.3, 0.4) is 0 Å². The van der Waals surface area contributed by atoms with Crippen molar-refractivity contribution in [3.63, 3.8) is 0 Å². The normalized spacial score (nSPS) is 11.5. The number of hydrogen-bond donors (Lipinski definition) is 1. The Kier molecular flexibility index (Phi) is 5.27. The third-order valence-corrected chi connectivity index (χ3v) is 4.10. The van der Waals surface area contributed by atoms with Crippen LogP contribution in [0, 0.1) is 5.82 Å². The monoisotopic (exact) mass is 408 g/mol. The first-order valence-electron chi connectivity index (χ1n) is 8.42. The van der Waals surface area contributed by atoms with Gasteiger partial charge in [-0.15, -0.1) is 0 Å². The van der Waals surface area contributed by atoms with Crippen molar-refractivity contribution in [2.24, 2.45) is 0 Å². The molecule has 1 aromatic heterocycles. The van der Waals surface area contributed by atoms with Gasteiger partial charge in [-0.3, -0.25) is 15.0 Å². The summed E-state index contributed by atoms with van der Waals surface area (Å²) < 4.78 is 52.6. The molecule has 0 aliphatic carbocycles. The largest absolute Gasteiger partial charge is 0.419 e. The number of benzene rings is 2. The maximum atomic E-state index is 13.7. The highest BCUT2D eigenvalue weighted by atomic mass is 19.4. The second-order valence-electron chi connectivity index (χ2n) is 6.49. The zero-order valence-electron chi connectivity index (χ0n) is 15.4. The third kappa shape index (κ3) is 4.20. The first kappa shape index (κ1) is 20.3. The minimum atomic E-state index is -4.82. The highest BCUT2D eigenvalue weighted by molar-refractivity contribution is 5.87. The van der Waals surface area contributed by atoms with Crippen molar-refractivity contribution in [1.29, 1.82) is 0 Å². The first-order valence-corrected chi connectivity index (χ1v) is 8.42. The average molecular weight is 408 g/mol. The lowest BCUT2D eigenvalue weighted by Crippen LogP contribution is -2.38. The Bertz CT molecular complexity index is 1140. The zero-order chi connectivity index (χ0) is 21.3. The van der Waals surface area contributed by atoms with Crippen LogP contribution in [0.2, 0.25) is 0 Å². The van der Waals surface area contributed by atoms with E-state index in [4.69, 9.17) is 0 Å². The van der Waals surface area contributed by atoms with Crippen molar-refractivity contribution < 1.29 is 22.4 Å². The minimum absolute atomic E-state index is 0.0289. The molecule has 0 unspecified atom stereocenters. The van der Waals surface area contributed by atoms with Crippen LogP contribution in [0.5, 0.6) is 0 Å². The van der Waals surface area contributed by atoms with Crippen LogP contribution >= 0.6 is 0 Å². The Hall–Kier alpha value is -3.43. The molecule has 0 atom stereocenters. The number of halogens is 4. The quantitative estimate of drug-likeness (QED) is 0.675. The van der Waals surface area contributed by atoms with Crippen LogP contribution in [-0.2, 0) is 17.4 Å². The number of amides is 1. The van der Waals surface area contributed by atoms with Crippen LogP contribution in [0.15, 0.2) is 47.3 Å². The topological polar surface area (TPSA) is 67.2 Å². The summed E-state index contributed by atoms with van der Waals surface area (Å²) in [6.07, 6.45) is -5.25. The van der Waals surface area contributed by atoms with E-state index in [1.54, 1.807) is 38.4 Å². The van der Waals surface area contributed by atoms with Gasteiger partial charge in [0, 0.05) is 14.1 Å². The second kappa shape index (κ2) is 7.53. The number of anilines is 1. The summed E-state index contributed by atoms with van der Waals surface area (Å²) >= 11 is 0. The Morgan fingerprint density at radius 2 is 1.86 bits per heavy atom. The minimum Gasteiger partial charge on any atom is -0.347 e. The Morgan fingerprint density at radius 3 is 2.48 bits per heavy atom. The van der Waals surface area contributed by atoms with E-state index in [2.05, 4.69) is 10.4 Å². The molecule has 3 aromatic rings. The molecule has 6 nitrogen and oxygen atoms in total. The Morgan fingerprint density at radius 1 is 1.17 bits per heavy atom. The zero-order valence-corrected chi connectivity index (χ0v) is 15.4. The van der Waals surface area contributed by atoms with Crippen molar-refractivity contribution in [3.8, 4) is 0 Å². The smallest absolute Gasteiger partial charge is 0.347 e. The first-order chi connectivity index (χ1) is 13.6. The van der Waals surface area contributed by atoms with Gasteiger partial charge >= 0.3 is 6.18 Å². The van der Waals surface area contributed by atoms with E-state index in [-0.39, 0.29) is 16.9 Å². The lowest BCUT2D eigenvalue weighted by atomic mass is 10.1. The molecule has 1 N–H and O–H groups in total. The van der Waals surface area contributed by atoms with Crippen LogP contribution in [0.1, 0.15) is 11.1 Å². The van der Waals surface area contributed by atoms with Gasteiger partial charge in [0.05, 0.1) is 22.9 Å². The second-order valence-corrected chi connectivity index (χ2v) is 6.49. The number of fused-ring (bicyclic) bond motifs is 1. The van der Waals surface area contributed by atoms with Crippen molar-refractivity contribution in [2.75, 3.05) is 24.4 Å². The maximum Gasteiger partial charge on any atom is 0.419 e. The van der Waals surface area contributed by atoms with Gasteiger partial charge in [-0.25, -0.2) is 9.37 Å². The predicted octanol–water partition coefficient (Wildman–Crippen LogP) is 2.93. The molecule has 1 amide bonds. The molecule has 0 fully saturated rings. The van der Waals surface area contributed by atoms with Gasteiger partial charge in [-0.05, 0) is 29.8 Å². The van der Waals surface area contributed by atoms with E-state index in [1.807, 2.05) is 0 Å². The van der Waals surface area contributed by atoms with E-state index < -0.39 is 35.4 Å². The SMILES string of the molecule is CN(C)c1nc2ccccc2c(=O)n1NC(=O)Cc1ccc(C(F)(F)F)c(F)c1. The fourth-order valence-electron chi connectivity index (χ4n) is 2.77. The summed E-state index contributed by atoms with van der Waals surface area (Å²) in [5.41, 5.74) is 0.919. The number of nitrogens with zero attached hydrogens (tertiary/aromatic N) is 3. The predicted molar refractivity (Wildman–Crippen MR) is 99.8 cm³/mol. The molecular formula is C19H16F4N4O2. The van der Waals surface area contributed by atoms with Gasteiger partial charge in [0.2, 0.25) is 11.9 Å².